The van der Waals surface area contributed by atoms with Crippen LogP contribution in [0.25, 0.3) is 0 Å². The topological polar surface area (TPSA) is 52.5 Å². The number of phenols is 1. The molecule has 25 heavy (non-hydrogen) atoms. The first-order valence-corrected chi connectivity index (χ1v) is 10.2. The SMILES string of the molecule is C[C@H]1CC[C@H]2[C@@H]3CCc4cc(O)c(CNCCO)cc4[C@H]3CC[C@]12C. The van der Waals surface area contributed by atoms with Gasteiger partial charge in [0.25, 0.3) is 0 Å². The molecule has 3 heteroatoms. The third-order valence-electron chi connectivity index (χ3n) is 8.00. The van der Waals surface area contributed by atoms with Gasteiger partial charge in [-0.15, -0.1) is 0 Å². The summed E-state index contributed by atoms with van der Waals surface area (Å²) in [5, 5.41) is 22.6. The molecule has 0 amide bonds. The highest BCUT2D eigenvalue weighted by Crippen LogP contribution is 2.62. The Bertz CT molecular complexity index is 643. The number of nitrogens with one attached hydrogen (secondary N) is 1. The molecule has 0 unspecified atom stereocenters. The van der Waals surface area contributed by atoms with Crippen LogP contribution in [0.5, 0.6) is 5.75 Å². The number of hydrogen-bond acceptors (Lipinski definition) is 3. The maximum atomic E-state index is 10.4. The lowest BCUT2D eigenvalue weighted by atomic mass is 9.54. The Morgan fingerprint density at radius 2 is 2.04 bits per heavy atom. The smallest absolute Gasteiger partial charge is 0.120 e. The van der Waals surface area contributed by atoms with E-state index >= 15 is 0 Å². The number of hydrogen-bond donors (Lipinski definition) is 3. The fraction of sp³-hybridized carbons (Fsp3) is 0.727. The van der Waals surface area contributed by atoms with E-state index in [4.69, 9.17) is 5.11 Å². The minimum absolute atomic E-state index is 0.134. The maximum absolute atomic E-state index is 10.4. The number of rotatable bonds is 4. The summed E-state index contributed by atoms with van der Waals surface area (Å²) in [5.41, 5.74) is 4.43. The molecule has 138 valence electrons. The van der Waals surface area contributed by atoms with E-state index in [9.17, 15) is 5.11 Å². The van der Waals surface area contributed by atoms with E-state index in [1.54, 1.807) is 0 Å². The minimum Gasteiger partial charge on any atom is -0.508 e. The first-order chi connectivity index (χ1) is 12.0. The number of fused-ring (bicyclic) bond motifs is 5. The highest BCUT2D eigenvalue weighted by Gasteiger charge is 2.53. The first-order valence-electron chi connectivity index (χ1n) is 10.2. The quantitative estimate of drug-likeness (QED) is 0.725. The third-order valence-corrected chi connectivity index (χ3v) is 8.00. The summed E-state index contributed by atoms with van der Waals surface area (Å²) >= 11 is 0. The van der Waals surface area contributed by atoms with Crippen LogP contribution in [0.2, 0.25) is 0 Å². The van der Waals surface area contributed by atoms with Crippen LogP contribution in [0.15, 0.2) is 12.1 Å². The zero-order chi connectivity index (χ0) is 17.6. The minimum atomic E-state index is 0.134. The lowest BCUT2D eigenvalue weighted by Gasteiger charge is -2.50. The molecule has 0 spiro atoms. The maximum Gasteiger partial charge on any atom is 0.120 e. The summed E-state index contributed by atoms with van der Waals surface area (Å²) in [6.07, 6.45) is 7.91. The third kappa shape index (κ3) is 2.80. The van der Waals surface area contributed by atoms with Crippen molar-refractivity contribution < 1.29 is 10.2 Å². The van der Waals surface area contributed by atoms with Gasteiger partial charge in [0, 0.05) is 18.7 Å². The Kier molecular flexibility index (Phi) is 4.57. The Labute approximate surface area is 151 Å². The molecule has 0 aliphatic heterocycles. The van der Waals surface area contributed by atoms with Crippen molar-refractivity contribution >= 4 is 0 Å². The van der Waals surface area contributed by atoms with Gasteiger partial charge in [-0.1, -0.05) is 19.9 Å². The van der Waals surface area contributed by atoms with Gasteiger partial charge in [0.2, 0.25) is 0 Å². The lowest BCUT2D eigenvalue weighted by Crippen LogP contribution is -2.41. The second-order valence-corrected chi connectivity index (χ2v) is 9.02. The van der Waals surface area contributed by atoms with Gasteiger partial charge in [-0.2, -0.15) is 0 Å². The molecule has 4 rings (SSSR count). The lowest BCUT2D eigenvalue weighted by molar-refractivity contribution is 0.0336. The number of aromatic hydroxyl groups is 1. The molecule has 0 aromatic heterocycles. The van der Waals surface area contributed by atoms with Crippen molar-refractivity contribution in [3.8, 4) is 5.75 Å². The van der Waals surface area contributed by atoms with Crippen molar-refractivity contribution in [2.75, 3.05) is 13.2 Å². The molecule has 0 saturated heterocycles. The van der Waals surface area contributed by atoms with Gasteiger partial charge < -0.3 is 15.5 Å². The molecule has 5 atom stereocenters. The van der Waals surface area contributed by atoms with Crippen LogP contribution >= 0.6 is 0 Å². The van der Waals surface area contributed by atoms with Crippen molar-refractivity contribution in [1.82, 2.24) is 5.32 Å². The monoisotopic (exact) mass is 343 g/mol. The molecule has 2 saturated carbocycles. The van der Waals surface area contributed by atoms with Crippen LogP contribution in [-0.2, 0) is 13.0 Å². The normalized spacial score (nSPS) is 36.6. The van der Waals surface area contributed by atoms with Crippen LogP contribution in [0, 0.1) is 23.2 Å². The average molecular weight is 344 g/mol. The van der Waals surface area contributed by atoms with Gasteiger partial charge in [0.05, 0.1) is 6.61 Å². The number of benzene rings is 1. The van der Waals surface area contributed by atoms with Gasteiger partial charge in [0.1, 0.15) is 5.75 Å². The fourth-order valence-electron chi connectivity index (χ4n) is 6.36. The molecule has 1 aromatic carbocycles. The molecular weight excluding hydrogens is 310 g/mol. The molecule has 3 nitrogen and oxygen atoms in total. The highest BCUT2D eigenvalue weighted by molar-refractivity contribution is 5.45. The van der Waals surface area contributed by atoms with E-state index in [-0.39, 0.29) is 6.61 Å². The van der Waals surface area contributed by atoms with Gasteiger partial charge >= 0.3 is 0 Å². The van der Waals surface area contributed by atoms with Crippen LogP contribution in [-0.4, -0.2) is 23.4 Å². The Morgan fingerprint density at radius 1 is 1.20 bits per heavy atom. The fourth-order valence-corrected chi connectivity index (χ4v) is 6.36. The van der Waals surface area contributed by atoms with E-state index in [2.05, 4.69) is 25.2 Å². The zero-order valence-corrected chi connectivity index (χ0v) is 15.7. The van der Waals surface area contributed by atoms with E-state index in [1.165, 1.54) is 43.2 Å². The van der Waals surface area contributed by atoms with Crippen LogP contribution in [0.1, 0.15) is 68.6 Å². The molecule has 0 bridgehead atoms. The summed E-state index contributed by atoms with van der Waals surface area (Å²) in [6.45, 7) is 6.37. The molecule has 0 heterocycles. The number of aliphatic hydroxyl groups excluding tert-OH is 1. The van der Waals surface area contributed by atoms with Crippen molar-refractivity contribution in [1.29, 1.82) is 0 Å². The first kappa shape index (κ1) is 17.4. The molecule has 1 aromatic rings. The second kappa shape index (κ2) is 6.59. The van der Waals surface area contributed by atoms with Crippen molar-refractivity contribution in [3.63, 3.8) is 0 Å². The molecule has 2 fully saturated rings. The number of phenolic OH excluding ortho intramolecular Hbond substituents is 1. The molecule has 3 N–H and O–H groups in total. The molecule has 3 aliphatic carbocycles. The Hall–Kier alpha value is -1.06. The van der Waals surface area contributed by atoms with E-state index < -0.39 is 0 Å². The predicted octanol–water partition coefficient (Wildman–Crippen LogP) is 3.97. The second-order valence-electron chi connectivity index (χ2n) is 9.02. The van der Waals surface area contributed by atoms with Crippen molar-refractivity contribution in [2.45, 2.75) is 64.8 Å². The molecule has 0 radical (unpaired) electrons. The molecular formula is C22H33NO2. The Morgan fingerprint density at radius 3 is 2.84 bits per heavy atom. The highest BCUT2D eigenvalue weighted by atomic mass is 16.3. The van der Waals surface area contributed by atoms with E-state index in [0.29, 0.717) is 30.2 Å². The van der Waals surface area contributed by atoms with Gasteiger partial charge in [-0.3, -0.25) is 0 Å². The van der Waals surface area contributed by atoms with Gasteiger partial charge in [-0.25, -0.2) is 0 Å². The summed E-state index contributed by atoms with van der Waals surface area (Å²) in [7, 11) is 0. The van der Waals surface area contributed by atoms with Crippen LogP contribution in [0.4, 0.5) is 0 Å². The standard InChI is InChI=1S/C22H33NO2/c1-14-3-6-20-18-5-4-15-12-21(25)16(13-23-9-10-24)11-19(15)17(18)7-8-22(14,20)2/h11-12,14,17-18,20,23-25H,3-10,13H2,1-2H3/t14-,17-,18+,20-,22+/m0/s1. The van der Waals surface area contributed by atoms with Gasteiger partial charge in [0.15, 0.2) is 0 Å². The van der Waals surface area contributed by atoms with Crippen LogP contribution < -0.4 is 5.32 Å². The summed E-state index contributed by atoms with van der Waals surface area (Å²) in [6, 6.07) is 4.29. The van der Waals surface area contributed by atoms with E-state index in [1.807, 2.05) is 6.07 Å². The van der Waals surface area contributed by atoms with Crippen molar-refractivity contribution in [3.05, 3.63) is 28.8 Å². The van der Waals surface area contributed by atoms with E-state index in [0.717, 1.165) is 29.7 Å². The number of aliphatic hydroxyl groups is 1. The number of aryl methyl sites for hydroxylation is 1. The molecule has 3 aliphatic rings. The summed E-state index contributed by atoms with van der Waals surface area (Å²) in [4.78, 5) is 0. The predicted molar refractivity (Wildman–Crippen MR) is 101 cm³/mol. The van der Waals surface area contributed by atoms with Gasteiger partial charge in [-0.05, 0) is 84.8 Å². The Balaban J connectivity index is 1.62. The zero-order valence-electron chi connectivity index (χ0n) is 15.7. The van der Waals surface area contributed by atoms with Crippen LogP contribution in [0.3, 0.4) is 0 Å². The van der Waals surface area contributed by atoms with Crippen molar-refractivity contribution in [2.24, 2.45) is 23.2 Å². The summed E-state index contributed by atoms with van der Waals surface area (Å²) < 4.78 is 0. The summed E-state index contributed by atoms with van der Waals surface area (Å²) in [5.74, 6) is 3.69. The largest absolute Gasteiger partial charge is 0.508 e. The average Bonchev–Trinajstić information content (AvgIpc) is 2.91.